The van der Waals surface area contributed by atoms with E-state index in [1.165, 1.54) is 30.4 Å². The Morgan fingerprint density at radius 3 is 3.08 bits per heavy atom. The summed E-state index contributed by atoms with van der Waals surface area (Å²) in [5.74, 6) is 0.727. The summed E-state index contributed by atoms with van der Waals surface area (Å²) >= 11 is 3.37. The minimum atomic E-state index is 0.727. The maximum absolute atomic E-state index is 5.73. The molecule has 0 saturated carbocycles. The van der Waals surface area contributed by atoms with Crippen LogP contribution in [0.1, 0.15) is 25.7 Å². The highest BCUT2D eigenvalue weighted by Crippen LogP contribution is 2.32. The third-order valence-electron chi connectivity index (χ3n) is 2.32. The molecule has 1 aliphatic carbocycles. The Morgan fingerprint density at radius 2 is 2.25 bits per heavy atom. The number of aliphatic imine (C=N–C) groups is 1. The predicted octanol–water partition coefficient (Wildman–Crippen LogP) is 2.46. The molecule has 2 rings (SSSR count). The quantitative estimate of drug-likeness (QED) is 0.634. The molecule has 64 valence electrons. The van der Waals surface area contributed by atoms with Gasteiger partial charge in [0.15, 0.2) is 0 Å². The molecule has 0 fully saturated rings. The van der Waals surface area contributed by atoms with Crippen LogP contribution in [0.2, 0.25) is 0 Å². The lowest BCUT2D eigenvalue weighted by Crippen LogP contribution is -2.11. The van der Waals surface area contributed by atoms with Crippen molar-refractivity contribution in [3.8, 4) is 0 Å². The van der Waals surface area contributed by atoms with Crippen LogP contribution >= 0.6 is 15.9 Å². The molecule has 0 aromatic carbocycles. The molecule has 2 nitrogen and oxygen atoms in total. The normalized spacial score (nSPS) is 23.1. The van der Waals surface area contributed by atoms with Crippen LogP contribution in [0.5, 0.6) is 0 Å². The second-order valence-corrected chi connectivity index (χ2v) is 4.04. The van der Waals surface area contributed by atoms with E-state index in [1.54, 1.807) is 0 Å². The number of amidine groups is 1. The van der Waals surface area contributed by atoms with Crippen LogP contribution in [0.3, 0.4) is 0 Å². The lowest BCUT2D eigenvalue weighted by molar-refractivity contribution is 0.889. The second kappa shape index (κ2) is 3.05. The van der Waals surface area contributed by atoms with Crippen molar-refractivity contribution in [2.75, 3.05) is 0 Å². The topological polar surface area (TPSA) is 38.4 Å². The van der Waals surface area contributed by atoms with Gasteiger partial charge in [-0.25, -0.2) is 4.99 Å². The van der Waals surface area contributed by atoms with Gasteiger partial charge in [0.05, 0.1) is 0 Å². The fourth-order valence-corrected chi connectivity index (χ4v) is 2.28. The van der Waals surface area contributed by atoms with Gasteiger partial charge in [-0.3, -0.25) is 0 Å². The fraction of sp³-hybridized carbons (Fsp3) is 0.444. The lowest BCUT2D eigenvalue weighted by Gasteiger charge is -1.99. The third-order valence-corrected chi connectivity index (χ3v) is 2.72. The summed E-state index contributed by atoms with van der Waals surface area (Å²) < 4.78 is 0.868. The van der Waals surface area contributed by atoms with Crippen LogP contribution in [-0.4, -0.2) is 5.84 Å². The van der Waals surface area contributed by atoms with Gasteiger partial charge in [-0.15, -0.1) is 0 Å². The van der Waals surface area contributed by atoms with Gasteiger partial charge in [0.2, 0.25) is 0 Å². The van der Waals surface area contributed by atoms with E-state index in [4.69, 9.17) is 5.73 Å². The molecule has 0 bridgehead atoms. The van der Waals surface area contributed by atoms with Gasteiger partial charge in [-0.1, -0.05) is 5.57 Å². The number of nitrogens with two attached hydrogens (primary N) is 1. The van der Waals surface area contributed by atoms with Crippen LogP contribution in [0.15, 0.2) is 26.8 Å². The van der Waals surface area contributed by atoms with Crippen molar-refractivity contribution in [2.45, 2.75) is 25.7 Å². The zero-order chi connectivity index (χ0) is 8.55. The highest BCUT2D eigenvalue weighted by Gasteiger charge is 2.16. The van der Waals surface area contributed by atoms with Crippen molar-refractivity contribution in [2.24, 2.45) is 10.7 Å². The molecule has 0 radical (unpaired) electrons. The Morgan fingerprint density at radius 1 is 1.42 bits per heavy atom. The largest absolute Gasteiger partial charge is 0.387 e. The first kappa shape index (κ1) is 8.05. The Hall–Kier alpha value is -0.570. The highest BCUT2D eigenvalue weighted by molar-refractivity contribution is 9.11. The van der Waals surface area contributed by atoms with Gasteiger partial charge in [0.1, 0.15) is 10.4 Å². The molecular formula is C9H11BrN2. The summed E-state index contributed by atoms with van der Waals surface area (Å²) in [5, 5.41) is 0. The molecule has 1 aliphatic heterocycles. The molecule has 0 unspecified atom stereocenters. The SMILES string of the molecule is NC1=NC(Br)=CC2=C(CCC2)C1. The summed E-state index contributed by atoms with van der Waals surface area (Å²) in [6, 6.07) is 0. The number of rotatable bonds is 0. The average molecular weight is 227 g/mol. The first-order valence-corrected chi connectivity index (χ1v) is 4.96. The minimum Gasteiger partial charge on any atom is -0.387 e. The zero-order valence-electron chi connectivity index (χ0n) is 6.81. The molecular weight excluding hydrogens is 216 g/mol. The first-order chi connectivity index (χ1) is 5.75. The lowest BCUT2D eigenvalue weighted by atomic mass is 10.1. The van der Waals surface area contributed by atoms with Gasteiger partial charge in [-0.2, -0.15) is 0 Å². The Bertz CT molecular complexity index is 300. The molecule has 2 N–H and O–H groups in total. The molecule has 0 spiro atoms. The number of nitrogens with zero attached hydrogens (tertiary/aromatic N) is 1. The number of hydrogen-bond acceptors (Lipinski definition) is 2. The van der Waals surface area contributed by atoms with E-state index in [2.05, 4.69) is 27.0 Å². The van der Waals surface area contributed by atoms with E-state index >= 15 is 0 Å². The molecule has 1 heterocycles. The van der Waals surface area contributed by atoms with E-state index in [-0.39, 0.29) is 0 Å². The number of allylic oxidation sites excluding steroid dienone is 2. The molecule has 3 heteroatoms. The van der Waals surface area contributed by atoms with Crippen LogP contribution in [0, 0.1) is 0 Å². The number of halogens is 1. The van der Waals surface area contributed by atoms with Gasteiger partial charge in [0, 0.05) is 6.42 Å². The maximum Gasteiger partial charge on any atom is 0.108 e. The van der Waals surface area contributed by atoms with Crippen LogP contribution < -0.4 is 5.73 Å². The van der Waals surface area contributed by atoms with Gasteiger partial charge >= 0.3 is 0 Å². The van der Waals surface area contributed by atoms with Crippen molar-refractivity contribution in [3.05, 3.63) is 21.8 Å². The highest BCUT2D eigenvalue weighted by atomic mass is 79.9. The summed E-state index contributed by atoms with van der Waals surface area (Å²) in [4.78, 5) is 4.19. The predicted molar refractivity (Wildman–Crippen MR) is 54.1 cm³/mol. The molecule has 2 aliphatic rings. The molecule has 0 aromatic rings. The van der Waals surface area contributed by atoms with Crippen molar-refractivity contribution in [1.82, 2.24) is 0 Å². The van der Waals surface area contributed by atoms with E-state index in [0.29, 0.717) is 0 Å². The molecule has 0 saturated heterocycles. The average Bonchev–Trinajstić information content (AvgIpc) is 2.31. The summed E-state index contributed by atoms with van der Waals surface area (Å²) in [6.45, 7) is 0. The van der Waals surface area contributed by atoms with E-state index in [1.807, 2.05) is 0 Å². The van der Waals surface area contributed by atoms with Gasteiger partial charge in [-0.05, 0) is 46.8 Å². The zero-order valence-corrected chi connectivity index (χ0v) is 8.39. The standard InChI is InChI=1S/C9H11BrN2/c10-8-4-6-2-1-3-7(6)5-9(11)12-8/h4H,1-3,5H2,(H2,11,12). The molecule has 0 aromatic heterocycles. The van der Waals surface area contributed by atoms with Crippen LogP contribution in [0.4, 0.5) is 0 Å². The molecule has 0 amide bonds. The summed E-state index contributed by atoms with van der Waals surface area (Å²) in [7, 11) is 0. The van der Waals surface area contributed by atoms with E-state index < -0.39 is 0 Å². The Labute approximate surface area is 80.4 Å². The maximum atomic E-state index is 5.73. The van der Waals surface area contributed by atoms with Crippen molar-refractivity contribution in [1.29, 1.82) is 0 Å². The number of hydrogen-bond donors (Lipinski definition) is 1. The van der Waals surface area contributed by atoms with E-state index in [0.717, 1.165) is 16.9 Å². The van der Waals surface area contributed by atoms with Crippen LogP contribution in [0.25, 0.3) is 0 Å². The third kappa shape index (κ3) is 1.46. The van der Waals surface area contributed by atoms with Gasteiger partial charge in [0.25, 0.3) is 0 Å². The molecule has 12 heavy (non-hydrogen) atoms. The molecule has 0 atom stereocenters. The Kier molecular flexibility index (Phi) is 2.05. The minimum absolute atomic E-state index is 0.727. The first-order valence-electron chi connectivity index (χ1n) is 4.17. The smallest absolute Gasteiger partial charge is 0.108 e. The Balaban J connectivity index is 2.37. The summed E-state index contributed by atoms with van der Waals surface area (Å²) in [5.41, 5.74) is 8.64. The van der Waals surface area contributed by atoms with E-state index in [9.17, 15) is 0 Å². The monoisotopic (exact) mass is 226 g/mol. The van der Waals surface area contributed by atoms with Crippen molar-refractivity contribution < 1.29 is 0 Å². The van der Waals surface area contributed by atoms with Crippen molar-refractivity contribution in [3.63, 3.8) is 0 Å². The summed E-state index contributed by atoms with van der Waals surface area (Å²) in [6.07, 6.45) is 6.62. The van der Waals surface area contributed by atoms with Gasteiger partial charge < -0.3 is 5.73 Å². The second-order valence-electron chi connectivity index (χ2n) is 3.23. The van der Waals surface area contributed by atoms with Crippen molar-refractivity contribution >= 4 is 21.8 Å². The fourth-order valence-electron chi connectivity index (χ4n) is 1.78. The van der Waals surface area contributed by atoms with Crippen LogP contribution in [-0.2, 0) is 0 Å².